The van der Waals surface area contributed by atoms with Crippen molar-refractivity contribution in [1.82, 2.24) is 9.97 Å². The van der Waals surface area contributed by atoms with Gasteiger partial charge in [0.1, 0.15) is 11.9 Å². The van der Waals surface area contributed by atoms with E-state index in [-0.39, 0.29) is 6.10 Å². The summed E-state index contributed by atoms with van der Waals surface area (Å²) in [6, 6.07) is 1.64. The molecule has 0 saturated heterocycles. The van der Waals surface area contributed by atoms with Gasteiger partial charge >= 0.3 is 0 Å². The van der Waals surface area contributed by atoms with Crippen LogP contribution in [0.1, 0.15) is 18.9 Å². The number of hydrogen-bond donors (Lipinski definition) is 1. The van der Waals surface area contributed by atoms with Crippen LogP contribution in [0.2, 0.25) is 0 Å². The standard InChI is InChI=1S/C7H11N3O/c1-5(11-2)7-9-4-3-6(8)10-7/h3-5H,1-2H3,(H2,8,9,10)/t5-/m0/s1. The Hall–Kier alpha value is -1.16. The molecule has 1 rings (SSSR count). The Bertz CT molecular complexity index is 239. The van der Waals surface area contributed by atoms with E-state index in [0.717, 1.165) is 0 Å². The lowest BCUT2D eigenvalue weighted by atomic mass is 10.4. The maximum Gasteiger partial charge on any atom is 0.159 e. The molecule has 0 aliphatic rings. The number of rotatable bonds is 2. The van der Waals surface area contributed by atoms with E-state index in [2.05, 4.69) is 9.97 Å². The highest BCUT2D eigenvalue weighted by atomic mass is 16.5. The van der Waals surface area contributed by atoms with Crippen LogP contribution in [0.3, 0.4) is 0 Å². The largest absolute Gasteiger partial charge is 0.384 e. The molecule has 0 fully saturated rings. The zero-order chi connectivity index (χ0) is 8.27. The van der Waals surface area contributed by atoms with Gasteiger partial charge in [0.15, 0.2) is 5.82 Å². The van der Waals surface area contributed by atoms with Crippen molar-refractivity contribution in [2.75, 3.05) is 12.8 Å². The fourth-order valence-corrected chi connectivity index (χ4v) is 0.690. The Balaban J connectivity index is 2.86. The van der Waals surface area contributed by atoms with Gasteiger partial charge in [0.25, 0.3) is 0 Å². The smallest absolute Gasteiger partial charge is 0.159 e. The minimum absolute atomic E-state index is 0.0986. The number of nitrogens with zero attached hydrogens (tertiary/aromatic N) is 2. The van der Waals surface area contributed by atoms with Crippen LogP contribution >= 0.6 is 0 Å². The number of methoxy groups -OCH3 is 1. The molecule has 4 heteroatoms. The molecule has 2 N–H and O–H groups in total. The van der Waals surface area contributed by atoms with Gasteiger partial charge in [-0.25, -0.2) is 9.97 Å². The summed E-state index contributed by atoms with van der Waals surface area (Å²) in [4.78, 5) is 7.98. The molecule has 60 valence electrons. The van der Waals surface area contributed by atoms with Crippen LogP contribution in [0.5, 0.6) is 0 Å². The SMILES string of the molecule is CO[C@@H](C)c1nccc(N)n1. The molecule has 0 saturated carbocycles. The van der Waals surface area contributed by atoms with Gasteiger partial charge in [-0.3, -0.25) is 0 Å². The van der Waals surface area contributed by atoms with Crippen LogP contribution in [0.4, 0.5) is 5.82 Å². The highest BCUT2D eigenvalue weighted by Gasteiger charge is 2.05. The van der Waals surface area contributed by atoms with E-state index in [1.54, 1.807) is 19.4 Å². The molecule has 0 amide bonds. The van der Waals surface area contributed by atoms with Crippen molar-refractivity contribution < 1.29 is 4.74 Å². The maximum atomic E-state index is 5.44. The first kappa shape index (κ1) is 7.94. The quantitative estimate of drug-likeness (QED) is 0.681. The molecular weight excluding hydrogens is 142 g/mol. The third-order valence-corrected chi connectivity index (χ3v) is 1.41. The first-order valence-corrected chi connectivity index (χ1v) is 3.35. The number of ether oxygens (including phenoxy) is 1. The molecule has 1 heterocycles. The number of nitrogen functional groups attached to an aromatic ring is 1. The molecule has 1 atom stereocenters. The summed E-state index contributed by atoms with van der Waals surface area (Å²) in [6.45, 7) is 1.87. The lowest BCUT2D eigenvalue weighted by Gasteiger charge is -2.06. The van der Waals surface area contributed by atoms with Crippen LogP contribution in [0.25, 0.3) is 0 Å². The lowest BCUT2D eigenvalue weighted by Crippen LogP contribution is -2.04. The second-order valence-electron chi connectivity index (χ2n) is 2.22. The van der Waals surface area contributed by atoms with E-state index >= 15 is 0 Å². The second-order valence-corrected chi connectivity index (χ2v) is 2.22. The molecule has 0 bridgehead atoms. The van der Waals surface area contributed by atoms with Crippen molar-refractivity contribution in [2.24, 2.45) is 0 Å². The van der Waals surface area contributed by atoms with Crippen LogP contribution in [0, 0.1) is 0 Å². The van der Waals surface area contributed by atoms with Crippen molar-refractivity contribution in [3.05, 3.63) is 18.1 Å². The van der Waals surface area contributed by atoms with E-state index in [1.165, 1.54) is 0 Å². The molecule has 1 aromatic rings. The van der Waals surface area contributed by atoms with Gasteiger partial charge in [-0.2, -0.15) is 0 Å². The molecule has 0 unspecified atom stereocenters. The van der Waals surface area contributed by atoms with E-state index in [0.29, 0.717) is 11.6 Å². The van der Waals surface area contributed by atoms with Gasteiger partial charge in [0.05, 0.1) is 0 Å². The summed E-state index contributed by atoms with van der Waals surface area (Å²) in [5.74, 6) is 1.09. The molecule has 0 radical (unpaired) electrons. The van der Waals surface area contributed by atoms with Gasteiger partial charge in [0.2, 0.25) is 0 Å². The molecule has 0 spiro atoms. The Kier molecular flexibility index (Phi) is 2.38. The van der Waals surface area contributed by atoms with Crippen molar-refractivity contribution >= 4 is 5.82 Å². The number of aromatic nitrogens is 2. The van der Waals surface area contributed by atoms with Crippen LogP contribution in [-0.2, 0) is 4.74 Å². The maximum absolute atomic E-state index is 5.44. The molecule has 1 aromatic heterocycles. The Morgan fingerprint density at radius 1 is 1.64 bits per heavy atom. The monoisotopic (exact) mass is 153 g/mol. The summed E-state index contributed by atoms with van der Waals surface area (Å²) in [6.07, 6.45) is 1.52. The number of hydrogen-bond acceptors (Lipinski definition) is 4. The Morgan fingerprint density at radius 3 is 2.91 bits per heavy atom. The van der Waals surface area contributed by atoms with Gasteiger partial charge in [-0.15, -0.1) is 0 Å². The zero-order valence-electron chi connectivity index (χ0n) is 6.61. The predicted octanol–water partition coefficient (Wildman–Crippen LogP) is 0.766. The Morgan fingerprint density at radius 2 is 2.36 bits per heavy atom. The van der Waals surface area contributed by atoms with E-state index in [9.17, 15) is 0 Å². The highest BCUT2D eigenvalue weighted by molar-refractivity contribution is 5.25. The van der Waals surface area contributed by atoms with Crippen LogP contribution in [-0.4, -0.2) is 17.1 Å². The molecule has 11 heavy (non-hydrogen) atoms. The van der Waals surface area contributed by atoms with E-state index < -0.39 is 0 Å². The second kappa shape index (κ2) is 3.30. The van der Waals surface area contributed by atoms with Crippen molar-refractivity contribution in [2.45, 2.75) is 13.0 Å². The molecule has 4 nitrogen and oxygen atoms in total. The minimum atomic E-state index is -0.0986. The van der Waals surface area contributed by atoms with Gasteiger partial charge in [0, 0.05) is 13.3 Å². The summed E-state index contributed by atoms with van der Waals surface area (Å²) in [7, 11) is 1.61. The average molecular weight is 153 g/mol. The fraction of sp³-hybridized carbons (Fsp3) is 0.429. The topological polar surface area (TPSA) is 61.0 Å². The van der Waals surface area contributed by atoms with E-state index in [1.807, 2.05) is 6.92 Å². The lowest BCUT2D eigenvalue weighted by molar-refractivity contribution is 0.112. The van der Waals surface area contributed by atoms with Crippen molar-refractivity contribution in [3.63, 3.8) is 0 Å². The van der Waals surface area contributed by atoms with Gasteiger partial charge < -0.3 is 10.5 Å². The Labute approximate surface area is 65.4 Å². The van der Waals surface area contributed by atoms with Crippen molar-refractivity contribution in [3.8, 4) is 0 Å². The number of nitrogens with two attached hydrogens (primary N) is 1. The molecular formula is C7H11N3O. The normalized spacial score (nSPS) is 12.9. The summed E-state index contributed by atoms with van der Waals surface area (Å²) >= 11 is 0. The van der Waals surface area contributed by atoms with Gasteiger partial charge in [-0.1, -0.05) is 0 Å². The summed E-state index contributed by atoms with van der Waals surface area (Å²) in [5, 5.41) is 0. The summed E-state index contributed by atoms with van der Waals surface area (Å²) in [5.41, 5.74) is 5.44. The first-order chi connectivity index (χ1) is 5.24. The zero-order valence-corrected chi connectivity index (χ0v) is 6.61. The third-order valence-electron chi connectivity index (χ3n) is 1.41. The average Bonchev–Trinajstić information content (AvgIpc) is 2.03. The fourth-order valence-electron chi connectivity index (χ4n) is 0.690. The molecule has 0 aromatic carbocycles. The van der Waals surface area contributed by atoms with E-state index in [4.69, 9.17) is 10.5 Å². The van der Waals surface area contributed by atoms with Crippen LogP contribution < -0.4 is 5.73 Å². The number of anilines is 1. The molecule has 0 aliphatic carbocycles. The van der Waals surface area contributed by atoms with Crippen molar-refractivity contribution in [1.29, 1.82) is 0 Å². The van der Waals surface area contributed by atoms with Gasteiger partial charge in [-0.05, 0) is 13.0 Å². The molecule has 0 aliphatic heterocycles. The minimum Gasteiger partial charge on any atom is -0.384 e. The highest BCUT2D eigenvalue weighted by Crippen LogP contribution is 2.10. The first-order valence-electron chi connectivity index (χ1n) is 3.35. The summed E-state index contributed by atoms with van der Waals surface area (Å²) < 4.78 is 5.01. The predicted molar refractivity (Wildman–Crippen MR) is 41.9 cm³/mol. The third kappa shape index (κ3) is 1.88. The van der Waals surface area contributed by atoms with Crippen LogP contribution in [0.15, 0.2) is 12.3 Å².